The smallest absolute Gasteiger partial charge is 0.400 e. The quantitative estimate of drug-likeness (QED) is 0.105. The molecule has 1 unspecified atom stereocenters. The average Bonchev–Trinajstić information content (AvgIpc) is 2.89. The molecule has 0 saturated heterocycles. The van der Waals surface area contributed by atoms with Crippen LogP contribution in [0.2, 0.25) is 0 Å². The molecule has 38 heavy (non-hydrogen) atoms. The molecule has 0 bridgehead atoms. The Bertz CT molecular complexity index is 1340. The second-order valence-corrected chi connectivity index (χ2v) is 9.61. The van der Waals surface area contributed by atoms with Gasteiger partial charge in [0.15, 0.2) is 0 Å². The lowest BCUT2D eigenvalue weighted by molar-refractivity contribution is -0.240. The lowest BCUT2D eigenvalue weighted by atomic mass is 9.92. The summed E-state index contributed by atoms with van der Waals surface area (Å²) < 4.78 is 56.7. The van der Waals surface area contributed by atoms with Crippen LogP contribution in [-0.2, 0) is 22.4 Å². The molecular formula is C30H33F3O5. The molecule has 0 aliphatic rings. The molecule has 0 radical (unpaired) electrons. The van der Waals surface area contributed by atoms with Gasteiger partial charge in [-0.05, 0) is 61.1 Å². The van der Waals surface area contributed by atoms with Gasteiger partial charge in [-0.3, -0.25) is 0 Å². The van der Waals surface area contributed by atoms with Crippen LogP contribution >= 0.6 is 0 Å². The highest BCUT2D eigenvalue weighted by Gasteiger charge is 2.53. The Kier molecular flexibility index (Phi) is 9.41. The monoisotopic (exact) mass is 530 g/mol. The van der Waals surface area contributed by atoms with E-state index in [-0.39, 0.29) is 11.3 Å². The Morgan fingerprint density at radius 1 is 1.03 bits per heavy atom. The van der Waals surface area contributed by atoms with Crippen LogP contribution < -0.4 is 10.4 Å². The summed E-state index contributed by atoms with van der Waals surface area (Å²) in [5.41, 5.74) is 0.710. The number of alkyl halides is 3. The number of hydrogen-bond acceptors (Lipinski definition) is 5. The van der Waals surface area contributed by atoms with Crippen molar-refractivity contribution < 1.29 is 31.9 Å². The first-order valence-electron chi connectivity index (χ1n) is 12.7. The Hall–Kier alpha value is -3.55. The third-order valence-electron chi connectivity index (χ3n) is 6.56. The summed E-state index contributed by atoms with van der Waals surface area (Å²) in [5, 5.41) is 0.611. The third kappa shape index (κ3) is 6.85. The van der Waals surface area contributed by atoms with E-state index in [2.05, 4.69) is 24.3 Å². The molecule has 0 N–H and O–H groups in total. The number of fused-ring (bicyclic) bond motifs is 1. The minimum absolute atomic E-state index is 0.0876. The van der Waals surface area contributed by atoms with Crippen LogP contribution in [0.25, 0.3) is 22.1 Å². The van der Waals surface area contributed by atoms with E-state index in [1.54, 1.807) is 12.1 Å². The fraction of sp³-hybridized carbons (Fsp3) is 0.400. The molecule has 2 aromatic carbocycles. The molecular weight excluding hydrogens is 497 g/mol. The van der Waals surface area contributed by atoms with Crippen LogP contribution in [0, 0.1) is 5.41 Å². The first kappa shape index (κ1) is 29.0. The molecule has 0 saturated carbocycles. The van der Waals surface area contributed by atoms with E-state index < -0.39 is 36.4 Å². The molecule has 0 aliphatic carbocycles. The number of carbonyl (C=O) groups is 1. The van der Waals surface area contributed by atoms with Crippen LogP contribution in [0.1, 0.15) is 51.2 Å². The van der Waals surface area contributed by atoms with E-state index in [9.17, 15) is 22.8 Å². The van der Waals surface area contributed by atoms with Gasteiger partial charge in [0.1, 0.15) is 30.0 Å². The Balaban J connectivity index is 1.85. The number of halogens is 3. The minimum atomic E-state index is -4.70. The van der Waals surface area contributed by atoms with Crippen molar-refractivity contribution >= 4 is 16.9 Å². The van der Waals surface area contributed by atoms with E-state index in [1.165, 1.54) is 24.1 Å². The van der Waals surface area contributed by atoms with Gasteiger partial charge >= 0.3 is 17.8 Å². The standard InChI is InChI=1S/C30H33F3O5/c1-5-8-9-10-20-11-14-24(21(6-2)15-20)25-16-22-12-13-23(17-26(22)38-28(25)35)36-18-29(4,30(31,32)33)19-37-27(34)7-3/h7,11-17H,3,5-6,8-10,18-19H2,1-2,4H3. The van der Waals surface area contributed by atoms with Crippen LogP contribution in [0.4, 0.5) is 13.2 Å². The molecule has 0 aliphatic heterocycles. The summed E-state index contributed by atoms with van der Waals surface area (Å²) >= 11 is 0. The summed E-state index contributed by atoms with van der Waals surface area (Å²) in [4.78, 5) is 24.2. The van der Waals surface area contributed by atoms with E-state index in [4.69, 9.17) is 9.15 Å². The first-order valence-corrected chi connectivity index (χ1v) is 12.7. The molecule has 3 aromatic rings. The topological polar surface area (TPSA) is 65.7 Å². The molecule has 1 heterocycles. The van der Waals surface area contributed by atoms with Crippen LogP contribution in [0.5, 0.6) is 5.75 Å². The number of ether oxygens (including phenoxy) is 2. The summed E-state index contributed by atoms with van der Waals surface area (Å²) in [6.07, 6.45) is 1.26. The van der Waals surface area contributed by atoms with E-state index in [0.717, 1.165) is 49.8 Å². The highest BCUT2D eigenvalue weighted by atomic mass is 19.4. The maximum atomic E-state index is 13.7. The van der Waals surface area contributed by atoms with Gasteiger partial charge in [-0.25, -0.2) is 9.59 Å². The summed E-state index contributed by atoms with van der Waals surface area (Å²) in [6, 6.07) is 12.4. The molecule has 5 nitrogen and oxygen atoms in total. The molecule has 204 valence electrons. The highest BCUT2D eigenvalue weighted by molar-refractivity contribution is 5.83. The molecule has 0 amide bonds. The fourth-order valence-electron chi connectivity index (χ4n) is 4.04. The lowest BCUT2D eigenvalue weighted by Gasteiger charge is -2.31. The van der Waals surface area contributed by atoms with Gasteiger partial charge in [0.05, 0.1) is 5.56 Å². The van der Waals surface area contributed by atoms with Crippen LogP contribution in [0.15, 0.2) is 64.3 Å². The van der Waals surface area contributed by atoms with Crippen molar-refractivity contribution in [3.05, 3.63) is 76.7 Å². The SMILES string of the molecule is C=CC(=O)OCC(C)(COc1ccc2cc(-c3ccc(CCCCC)cc3CC)c(=O)oc2c1)C(F)(F)F. The van der Waals surface area contributed by atoms with Crippen LogP contribution in [-0.4, -0.2) is 25.4 Å². The Morgan fingerprint density at radius 2 is 1.79 bits per heavy atom. The maximum absolute atomic E-state index is 13.7. The van der Waals surface area contributed by atoms with E-state index in [0.29, 0.717) is 10.9 Å². The van der Waals surface area contributed by atoms with Gasteiger partial charge in [0.2, 0.25) is 0 Å². The Morgan fingerprint density at radius 3 is 2.45 bits per heavy atom. The summed E-state index contributed by atoms with van der Waals surface area (Å²) in [5.74, 6) is -0.870. The van der Waals surface area contributed by atoms with Gasteiger partial charge in [-0.15, -0.1) is 0 Å². The fourth-order valence-corrected chi connectivity index (χ4v) is 4.04. The number of esters is 1. The summed E-state index contributed by atoms with van der Waals surface area (Å²) in [6.45, 7) is 6.55. The van der Waals surface area contributed by atoms with Gasteiger partial charge in [0, 0.05) is 17.5 Å². The number of rotatable bonds is 12. The first-order chi connectivity index (χ1) is 18.0. The van der Waals surface area contributed by atoms with Crippen molar-refractivity contribution in [3.63, 3.8) is 0 Å². The van der Waals surface area contributed by atoms with E-state index >= 15 is 0 Å². The number of benzene rings is 2. The molecule has 1 atom stereocenters. The third-order valence-corrected chi connectivity index (χ3v) is 6.56. The normalized spacial score (nSPS) is 13.2. The number of hydrogen-bond donors (Lipinski definition) is 0. The van der Waals surface area contributed by atoms with Crippen molar-refractivity contribution in [2.24, 2.45) is 5.41 Å². The molecule has 0 fully saturated rings. The largest absolute Gasteiger partial charge is 0.492 e. The van der Waals surface area contributed by atoms with Crippen molar-refractivity contribution in [2.75, 3.05) is 13.2 Å². The summed E-state index contributed by atoms with van der Waals surface area (Å²) in [7, 11) is 0. The molecule has 0 spiro atoms. The van der Waals surface area contributed by atoms with E-state index in [1.807, 2.05) is 19.1 Å². The molecule has 3 rings (SSSR count). The van der Waals surface area contributed by atoms with Crippen molar-refractivity contribution in [3.8, 4) is 16.9 Å². The second-order valence-electron chi connectivity index (χ2n) is 9.61. The zero-order valence-corrected chi connectivity index (χ0v) is 22.0. The zero-order valence-electron chi connectivity index (χ0n) is 22.0. The lowest BCUT2D eigenvalue weighted by Crippen LogP contribution is -2.44. The van der Waals surface area contributed by atoms with Gasteiger partial charge in [0.25, 0.3) is 0 Å². The maximum Gasteiger partial charge on any atom is 0.400 e. The van der Waals surface area contributed by atoms with Gasteiger partial charge in [-0.1, -0.05) is 51.5 Å². The zero-order chi connectivity index (χ0) is 27.9. The van der Waals surface area contributed by atoms with Crippen molar-refractivity contribution in [1.82, 2.24) is 0 Å². The average molecular weight is 531 g/mol. The predicted molar refractivity (Wildman–Crippen MR) is 141 cm³/mol. The molecule has 8 heteroatoms. The molecule has 1 aromatic heterocycles. The van der Waals surface area contributed by atoms with Crippen molar-refractivity contribution in [2.45, 2.75) is 59.1 Å². The minimum Gasteiger partial charge on any atom is -0.492 e. The predicted octanol–water partition coefficient (Wildman–Crippen LogP) is 7.43. The number of aryl methyl sites for hydroxylation is 2. The Labute approximate surface area is 220 Å². The van der Waals surface area contributed by atoms with Gasteiger partial charge in [-0.2, -0.15) is 13.2 Å². The van der Waals surface area contributed by atoms with Crippen LogP contribution in [0.3, 0.4) is 0 Å². The highest BCUT2D eigenvalue weighted by Crippen LogP contribution is 2.39. The number of carbonyl (C=O) groups excluding carboxylic acids is 1. The van der Waals surface area contributed by atoms with Gasteiger partial charge < -0.3 is 13.9 Å². The second kappa shape index (κ2) is 12.3. The number of unbranched alkanes of at least 4 members (excludes halogenated alkanes) is 2. The van der Waals surface area contributed by atoms with Crippen molar-refractivity contribution in [1.29, 1.82) is 0 Å².